The first-order valence-electron chi connectivity index (χ1n) is 3.21. The summed E-state index contributed by atoms with van der Waals surface area (Å²) in [6, 6.07) is 0. The van der Waals surface area contributed by atoms with E-state index in [1.807, 2.05) is 0 Å². The van der Waals surface area contributed by atoms with Crippen molar-refractivity contribution in [1.29, 1.82) is 0 Å². The van der Waals surface area contributed by atoms with Gasteiger partial charge < -0.3 is 5.11 Å². The summed E-state index contributed by atoms with van der Waals surface area (Å²) in [6.45, 7) is 2.11. The third-order valence-electron chi connectivity index (χ3n) is 1.10. The normalized spacial score (nSPS) is 17.3. The van der Waals surface area contributed by atoms with E-state index >= 15 is 0 Å². The Hall–Kier alpha value is 0.660. The van der Waals surface area contributed by atoms with Crippen molar-refractivity contribution in [2.24, 2.45) is 0 Å². The molecule has 1 N–H and O–H groups in total. The molecule has 0 aromatic heterocycles. The van der Waals surface area contributed by atoms with E-state index in [1.54, 1.807) is 0 Å². The van der Waals surface area contributed by atoms with Crippen LogP contribution in [-0.4, -0.2) is 15.8 Å². The molecule has 2 unspecified atom stereocenters. The van der Waals surface area contributed by atoms with Gasteiger partial charge >= 0.3 is 0 Å². The molecule has 0 aromatic rings. The Bertz CT molecular complexity index is 66.1. The number of aliphatic hydroxyl groups excluding tert-OH is 1. The molecule has 56 valence electrons. The third kappa shape index (κ3) is 6.55. The molecule has 0 aromatic carbocycles. The highest BCUT2D eigenvalue weighted by Crippen LogP contribution is 2.12. The highest BCUT2D eigenvalue weighted by atomic mass is 32.1. The molecule has 0 radical (unpaired) electrons. The second-order valence-electron chi connectivity index (χ2n) is 2.16. The predicted molar refractivity (Wildman–Crippen MR) is 47.3 cm³/mol. The fourth-order valence-corrected chi connectivity index (χ4v) is 1.57. The van der Waals surface area contributed by atoms with Crippen molar-refractivity contribution in [1.82, 2.24) is 0 Å². The molecule has 2 atom stereocenters. The second-order valence-corrected chi connectivity index (χ2v) is 3.49. The Balaban J connectivity index is 3.15. The largest absolute Gasteiger partial charge is 0.383 e. The van der Waals surface area contributed by atoms with E-state index in [1.165, 1.54) is 0 Å². The van der Waals surface area contributed by atoms with Crippen LogP contribution >= 0.6 is 25.3 Å². The molecule has 0 saturated carbocycles. The van der Waals surface area contributed by atoms with E-state index in [0.717, 1.165) is 12.8 Å². The fourth-order valence-electron chi connectivity index (χ4n) is 0.694. The molecule has 0 saturated heterocycles. The first kappa shape index (κ1) is 9.66. The number of thiol groups is 2. The van der Waals surface area contributed by atoms with Crippen molar-refractivity contribution in [2.75, 3.05) is 0 Å². The van der Waals surface area contributed by atoms with Crippen LogP contribution < -0.4 is 0 Å². The number of hydrogen-bond donors (Lipinski definition) is 3. The monoisotopic (exact) mass is 166 g/mol. The van der Waals surface area contributed by atoms with Crippen molar-refractivity contribution < 1.29 is 5.11 Å². The van der Waals surface area contributed by atoms with Crippen LogP contribution in [0.4, 0.5) is 0 Å². The molecule has 0 amide bonds. The van der Waals surface area contributed by atoms with Crippen LogP contribution in [0.1, 0.15) is 26.2 Å². The maximum absolute atomic E-state index is 8.76. The fraction of sp³-hybridized carbons (Fsp3) is 1.00. The lowest BCUT2D eigenvalue weighted by molar-refractivity contribution is 0.252. The minimum Gasteiger partial charge on any atom is -0.383 e. The predicted octanol–water partition coefficient (Wildman–Crippen LogP) is 1.72. The zero-order chi connectivity index (χ0) is 7.28. The van der Waals surface area contributed by atoms with Gasteiger partial charge in [0.2, 0.25) is 0 Å². The highest BCUT2D eigenvalue weighted by Gasteiger charge is 2.04. The van der Waals surface area contributed by atoms with Crippen molar-refractivity contribution in [2.45, 2.75) is 36.9 Å². The van der Waals surface area contributed by atoms with Gasteiger partial charge in [-0.2, -0.15) is 12.6 Å². The number of rotatable bonds is 4. The van der Waals surface area contributed by atoms with Gasteiger partial charge in [-0.05, 0) is 12.8 Å². The van der Waals surface area contributed by atoms with Gasteiger partial charge in [0.15, 0.2) is 0 Å². The van der Waals surface area contributed by atoms with E-state index in [-0.39, 0.29) is 0 Å². The van der Waals surface area contributed by atoms with Crippen LogP contribution in [-0.2, 0) is 0 Å². The lowest BCUT2D eigenvalue weighted by Crippen LogP contribution is -2.06. The Morgan fingerprint density at radius 3 is 2.33 bits per heavy atom. The second kappa shape index (κ2) is 5.45. The molecule has 0 spiro atoms. The van der Waals surface area contributed by atoms with E-state index in [2.05, 4.69) is 32.2 Å². The Labute approximate surface area is 67.7 Å². The minimum absolute atomic E-state index is 0.308. The Morgan fingerprint density at radius 2 is 2.00 bits per heavy atom. The Morgan fingerprint density at radius 1 is 1.44 bits per heavy atom. The van der Waals surface area contributed by atoms with Crippen LogP contribution in [0.3, 0.4) is 0 Å². The standard InChI is InChI=1S/C6H14OS2/c1-2-3-5(8)4-6(7)9/h5-9H,2-4H2,1H3. The first-order valence-corrected chi connectivity index (χ1v) is 4.24. The van der Waals surface area contributed by atoms with Crippen molar-refractivity contribution >= 4 is 25.3 Å². The lowest BCUT2D eigenvalue weighted by Gasteiger charge is -2.09. The molecule has 1 nitrogen and oxygen atoms in total. The van der Waals surface area contributed by atoms with E-state index in [9.17, 15) is 0 Å². The summed E-state index contributed by atoms with van der Waals surface area (Å²) in [5, 5.41) is 9.07. The summed E-state index contributed by atoms with van der Waals surface area (Å²) < 4.78 is 0. The first-order chi connectivity index (χ1) is 4.16. The zero-order valence-corrected chi connectivity index (χ0v) is 7.41. The van der Waals surface area contributed by atoms with Crippen LogP contribution in [0.2, 0.25) is 0 Å². The number of hydrogen-bond acceptors (Lipinski definition) is 3. The van der Waals surface area contributed by atoms with Crippen LogP contribution in [0.25, 0.3) is 0 Å². The highest BCUT2D eigenvalue weighted by molar-refractivity contribution is 7.81. The third-order valence-corrected chi connectivity index (χ3v) is 1.78. The van der Waals surface area contributed by atoms with E-state index in [4.69, 9.17) is 5.11 Å². The van der Waals surface area contributed by atoms with Gasteiger partial charge in [-0.3, -0.25) is 0 Å². The lowest BCUT2D eigenvalue weighted by atomic mass is 10.2. The molecule has 3 heteroatoms. The molecule has 0 aliphatic rings. The summed E-state index contributed by atoms with van der Waals surface area (Å²) in [5.41, 5.74) is -0.501. The summed E-state index contributed by atoms with van der Waals surface area (Å²) in [7, 11) is 0. The van der Waals surface area contributed by atoms with Crippen molar-refractivity contribution in [3.05, 3.63) is 0 Å². The molecule has 0 aliphatic carbocycles. The number of aliphatic hydroxyl groups is 1. The van der Waals surface area contributed by atoms with Crippen LogP contribution in [0.5, 0.6) is 0 Å². The van der Waals surface area contributed by atoms with Gasteiger partial charge in [0.1, 0.15) is 0 Å². The zero-order valence-electron chi connectivity index (χ0n) is 5.62. The minimum atomic E-state index is -0.501. The maximum atomic E-state index is 8.76. The quantitative estimate of drug-likeness (QED) is 0.429. The van der Waals surface area contributed by atoms with Crippen molar-refractivity contribution in [3.63, 3.8) is 0 Å². The molecular weight excluding hydrogens is 152 g/mol. The van der Waals surface area contributed by atoms with Crippen molar-refractivity contribution in [3.8, 4) is 0 Å². The maximum Gasteiger partial charge on any atom is 0.0975 e. The topological polar surface area (TPSA) is 20.2 Å². The molecular formula is C6H14OS2. The van der Waals surface area contributed by atoms with Crippen LogP contribution in [0.15, 0.2) is 0 Å². The van der Waals surface area contributed by atoms with Gasteiger partial charge in [-0.15, -0.1) is 12.6 Å². The molecule has 0 bridgehead atoms. The molecule has 0 rings (SSSR count). The van der Waals surface area contributed by atoms with Gasteiger partial charge in [-0.25, -0.2) is 0 Å². The van der Waals surface area contributed by atoms with Gasteiger partial charge in [0.05, 0.1) is 5.44 Å². The molecule has 0 fully saturated rings. The summed E-state index contributed by atoms with van der Waals surface area (Å²) in [6.07, 6.45) is 2.86. The molecule has 0 heterocycles. The summed E-state index contributed by atoms with van der Waals surface area (Å²) in [5.74, 6) is 0. The van der Waals surface area contributed by atoms with Gasteiger partial charge in [0.25, 0.3) is 0 Å². The molecule has 9 heavy (non-hydrogen) atoms. The van der Waals surface area contributed by atoms with E-state index < -0.39 is 5.44 Å². The summed E-state index contributed by atoms with van der Waals surface area (Å²) >= 11 is 8.08. The molecule has 0 aliphatic heterocycles. The van der Waals surface area contributed by atoms with Gasteiger partial charge in [0, 0.05) is 5.25 Å². The smallest absolute Gasteiger partial charge is 0.0975 e. The SMILES string of the molecule is CCCC(S)CC(O)S. The van der Waals surface area contributed by atoms with E-state index in [0.29, 0.717) is 11.7 Å². The van der Waals surface area contributed by atoms with Crippen LogP contribution in [0, 0.1) is 0 Å². The summed E-state index contributed by atoms with van der Waals surface area (Å²) in [4.78, 5) is 0. The average molecular weight is 166 g/mol. The Kier molecular flexibility index (Phi) is 5.84. The van der Waals surface area contributed by atoms with Gasteiger partial charge in [-0.1, -0.05) is 13.3 Å². The average Bonchev–Trinajstić information content (AvgIpc) is 1.63.